The summed E-state index contributed by atoms with van der Waals surface area (Å²) in [6, 6.07) is 17.5. The molecule has 0 aliphatic rings. The quantitative estimate of drug-likeness (QED) is 0.677. The highest BCUT2D eigenvalue weighted by Gasteiger charge is 2.13. The number of nitriles is 1. The average molecular weight is 386 g/mol. The van der Waals surface area contributed by atoms with Gasteiger partial charge in [-0.15, -0.1) is 0 Å². The van der Waals surface area contributed by atoms with Gasteiger partial charge in [-0.05, 0) is 24.3 Å². The summed E-state index contributed by atoms with van der Waals surface area (Å²) >= 11 is 0. The molecule has 7 nitrogen and oxygen atoms in total. The molecule has 1 aromatic heterocycles. The zero-order valence-corrected chi connectivity index (χ0v) is 15.7. The predicted molar refractivity (Wildman–Crippen MR) is 108 cm³/mol. The first-order valence-electron chi connectivity index (χ1n) is 8.78. The van der Waals surface area contributed by atoms with Crippen LogP contribution in [0.2, 0.25) is 0 Å². The normalized spacial score (nSPS) is 9.93. The molecule has 0 fully saturated rings. The van der Waals surface area contributed by atoms with Gasteiger partial charge >= 0.3 is 0 Å². The number of rotatable bonds is 6. The molecule has 2 N–H and O–H groups in total. The van der Waals surface area contributed by atoms with Gasteiger partial charge in [0.15, 0.2) is 0 Å². The highest BCUT2D eigenvalue weighted by atomic mass is 16.5. The van der Waals surface area contributed by atoms with Gasteiger partial charge in [-0.1, -0.05) is 30.3 Å². The number of benzene rings is 2. The van der Waals surface area contributed by atoms with Crippen molar-refractivity contribution in [3.05, 3.63) is 89.2 Å². The van der Waals surface area contributed by atoms with Crippen molar-refractivity contribution in [3.8, 4) is 11.8 Å². The Morgan fingerprint density at radius 3 is 2.48 bits per heavy atom. The van der Waals surface area contributed by atoms with Crippen molar-refractivity contribution in [1.29, 1.82) is 5.26 Å². The van der Waals surface area contributed by atoms with E-state index in [1.54, 1.807) is 31.4 Å². The molecule has 0 aliphatic carbocycles. The monoisotopic (exact) mass is 386 g/mol. The van der Waals surface area contributed by atoms with Crippen molar-refractivity contribution in [2.45, 2.75) is 6.54 Å². The first kappa shape index (κ1) is 19.6. The Kier molecular flexibility index (Phi) is 6.18. The van der Waals surface area contributed by atoms with Crippen molar-refractivity contribution in [3.63, 3.8) is 0 Å². The molecule has 29 heavy (non-hydrogen) atoms. The van der Waals surface area contributed by atoms with Gasteiger partial charge in [0.2, 0.25) is 0 Å². The number of methoxy groups -OCH3 is 1. The molecule has 0 bridgehead atoms. The molecule has 0 saturated carbocycles. The van der Waals surface area contributed by atoms with Gasteiger partial charge in [-0.25, -0.2) is 0 Å². The second-order valence-electron chi connectivity index (χ2n) is 6.07. The molecule has 0 aliphatic heterocycles. The van der Waals surface area contributed by atoms with Crippen LogP contribution in [0.4, 0.5) is 5.69 Å². The molecule has 3 aromatic rings. The Balaban J connectivity index is 1.71. The number of aromatic nitrogens is 1. The summed E-state index contributed by atoms with van der Waals surface area (Å²) in [7, 11) is 1.57. The zero-order chi connectivity index (χ0) is 20.6. The summed E-state index contributed by atoms with van der Waals surface area (Å²) < 4.78 is 5.27. The van der Waals surface area contributed by atoms with Crippen LogP contribution in [-0.2, 0) is 6.54 Å². The lowest BCUT2D eigenvalue weighted by molar-refractivity contribution is 0.0950. The van der Waals surface area contributed by atoms with Crippen LogP contribution in [0, 0.1) is 11.3 Å². The lowest BCUT2D eigenvalue weighted by Gasteiger charge is -2.10. The van der Waals surface area contributed by atoms with Crippen molar-refractivity contribution < 1.29 is 14.3 Å². The number of nitrogens with one attached hydrogen (secondary N) is 2. The number of nitrogens with zero attached hydrogens (tertiary/aromatic N) is 2. The zero-order valence-electron chi connectivity index (χ0n) is 15.7. The first-order valence-corrected chi connectivity index (χ1v) is 8.78. The number of carbonyl (C=O) groups excluding carboxylic acids is 2. The van der Waals surface area contributed by atoms with Gasteiger partial charge in [0.05, 0.1) is 29.5 Å². The van der Waals surface area contributed by atoms with Gasteiger partial charge in [0.1, 0.15) is 11.8 Å². The maximum Gasteiger partial charge on any atom is 0.257 e. The molecular formula is C22H18N4O3. The van der Waals surface area contributed by atoms with Crippen LogP contribution in [-0.4, -0.2) is 23.9 Å². The van der Waals surface area contributed by atoms with Gasteiger partial charge < -0.3 is 15.4 Å². The molecule has 0 atom stereocenters. The van der Waals surface area contributed by atoms with Crippen LogP contribution in [0.3, 0.4) is 0 Å². The van der Waals surface area contributed by atoms with Crippen molar-refractivity contribution in [1.82, 2.24) is 10.3 Å². The minimum Gasteiger partial charge on any atom is -0.496 e. The van der Waals surface area contributed by atoms with Gasteiger partial charge in [-0.2, -0.15) is 5.26 Å². The number of ether oxygens (including phenoxy) is 1. The fourth-order valence-corrected chi connectivity index (χ4v) is 2.70. The van der Waals surface area contributed by atoms with Gasteiger partial charge in [-0.3, -0.25) is 14.6 Å². The van der Waals surface area contributed by atoms with E-state index in [2.05, 4.69) is 15.6 Å². The summed E-state index contributed by atoms with van der Waals surface area (Å²) in [4.78, 5) is 29.0. The summed E-state index contributed by atoms with van der Waals surface area (Å²) in [5.41, 5.74) is 2.03. The number of hydrogen-bond acceptors (Lipinski definition) is 5. The van der Waals surface area contributed by atoms with Crippen LogP contribution in [0.15, 0.2) is 67.0 Å². The second kappa shape index (κ2) is 9.15. The van der Waals surface area contributed by atoms with E-state index in [0.717, 1.165) is 5.56 Å². The standard InChI is InChI=1S/C22H18N4O3/c1-29-20-9-5-3-7-16(20)14-25-21(27)17-10-18(13-24-12-17)22(28)26-19-8-4-2-6-15(19)11-23/h2-10,12-13H,14H2,1H3,(H,25,27)(H,26,28). The first-order chi connectivity index (χ1) is 14.1. The summed E-state index contributed by atoms with van der Waals surface area (Å²) in [5, 5.41) is 14.6. The molecule has 144 valence electrons. The number of hydrogen-bond donors (Lipinski definition) is 2. The predicted octanol–water partition coefficient (Wildman–Crippen LogP) is 3.14. The van der Waals surface area contributed by atoms with E-state index < -0.39 is 5.91 Å². The Labute approximate surface area is 168 Å². The SMILES string of the molecule is COc1ccccc1CNC(=O)c1cncc(C(=O)Nc2ccccc2C#N)c1. The summed E-state index contributed by atoms with van der Waals surface area (Å²) in [6.07, 6.45) is 2.75. The topological polar surface area (TPSA) is 104 Å². The average Bonchev–Trinajstić information content (AvgIpc) is 2.78. The largest absolute Gasteiger partial charge is 0.496 e. The Bertz CT molecular complexity index is 1090. The maximum absolute atomic E-state index is 12.5. The van der Waals surface area contributed by atoms with Crippen LogP contribution >= 0.6 is 0 Å². The number of carbonyl (C=O) groups is 2. The van der Waals surface area contributed by atoms with E-state index in [1.807, 2.05) is 30.3 Å². The number of anilines is 1. The smallest absolute Gasteiger partial charge is 0.257 e. The molecule has 0 spiro atoms. The van der Waals surface area contributed by atoms with Gasteiger partial charge in [0.25, 0.3) is 11.8 Å². The number of pyridine rings is 1. The minimum atomic E-state index is -0.459. The van der Waals surface area contributed by atoms with E-state index in [0.29, 0.717) is 17.0 Å². The Morgan fingerprint density at radius 1 is 1.03 bits per heavy atom. The number of amides is 2. The third kappa shape index (κ3) is 4.76. The molecule has 2 aromatic carbocycles. The molecule has 0 saturated heterocycles. The third-order valence-electron chi connectivity index (χ3n) is 4.19. The molecule has 2 amide bonds. The lowest BCUT2D eigenvalue weighted by Crippen LogP contribution is -2.24. The lowest BCUT2D eigenvalue weighted by atomic mass is 10.1. The van der Waals surface area contributed by atoms with Crippen molar-refractivity contribution in [2.24, 2.45) is 0 Å². The fraction of sp³-hybridized carbons (Fsp3) is 0.0909. The van der Waals surface area contributed by atoms with E-state index in [4.69, 9.17) is 10.00 Å². The summed E-state index contributed by atoms with van der Waals surface area (Å²) in [6.45, 7) is 0.273. The van der Waals surface area contributed by atoms with Crippen LogP contribution in [0.1, 0.15) is 31.8 Å². The van der Waals surface area contributed by atoms with Crippen molar-refractivity contribution >= 4 is 17.5 Å². The highest BCUT2D eigenvalue weighted by Crippen LogP contribution is 2.17. The number of para-hydroxylation sites is 2. The molecule has 1 heterocycles. The van der Waals surface area contributed by atoms with E-state index in [9.17, 15) is 9.59 Å². The summed E-state index contributed by atoms with van der Waals surface area (Å²) in [5.74, 6) is -0.148. The van der Waals surface area contributed by atoms with E-state index in [-0.39, 0.29) is 23.6 Å². The van der Waals surface area contributed by atoms with E-state index >= 15 is 0 Å². The van der Waals surface area contributed by atoms with Crippen LogP contribution < -0.4 is 15.4 Å². The highest BCUT2D eigenvalue weighted by molar-refractivity contribution is 6.06. The molecule has 0 radical (unpaired) electrons. The van der Waals surface area contributed by atoms with E-state index in [1.165, 1.54) is 18.5 Å². The Hall–Kier alpha value is -4.18. The van der Waals surface area contributed by atoms with Crippen molar-refractivity contribution in [2.75, 3.05) is 12.4 Å². The molecule has 7 heteroatoms. The van der Waals surface area contributed by atoms with Crippen LogP contribution in [0.5, 0.6) is 5.75 Å². The fourth-order valence-electron chi connectivity index (χ4n) is 2.70. The minimum absolute atomic E-state index is 0.211. The maximum atomic E-state index is 12.5. The van der Waals surface area contributed by atoms with Gasteiger partial charge in [0, 0.05) is 24.5 Å². The Morgan fingerprint density at radius 2 is 1.72 bits per heavy atom. The molecular weight excluding hydrogens is 368 g/mol. The molecule has 0 unspecified atom stereocenters. The van der Waals surface area contributed by atoms with Crippen LogP contribution in [0.25, 0.3) is 0 Å². The second-order valence-corrected chi connectivity index (χ2v) is 6.07. The molecule has 3 rings (SSSR count). The third-order valence-corrected chi connectivity index (χ3v) is 4.19.